The number of rotatable bonds is 11. The fourth-order valence-electron chi connectivity index (χ4n) is 2.55. The minimum atomic E-state index is 0.662. The van der Waals surface area contributed by atoms with Gasteiger partial charge in [-0.1, -0.05) is 34.6 Å². The fourth-order valence-corrected chi connectivity index (χ4v) is 2.55. The maximum absolute atomic E-state index is 3.68. The maximum Gasteiger partial charge on any atom is 0.00393 e. The predicted molar refractivity (Wildman–Crippen MR) is 83.1 cm³/mol. The Morgan fingerprint density at radius 1 is 1.00 bits per heavy atom. The second-order valence-electron chi connectivity index (χ2n) is 6.21. The van der Waals surface area contributed by atoms with E-state index in [0.717, 1.165) is 11.8 Å². The third kappa shape index (κ3) is 9.90. The van der Waals surface area contributed by atoms with Gasteiger partial charge in [0.25, 0.3) is 0 Å². The van der Waals surface area contributed by atoms with Crippen molar-refractivity contribution in [1.29, 1.82) is 0 Å². The van der Waals surface area contributed by atoms with Crippen molar-refractivity contribution in [1.82, 2.24) is 10.2 Å². The maximum atomic E-state index is 3.68. The van der Waals surface area contributed by atoms with Gasteiger partial charge in [-0.05, 0) is 64.2 Å². The van der Waals surface area contributed by atoms with Gasteiger partial charge in [-0.15, -0.1) is 0 Å². The van der Waals surface area contributed by atoms with Crippen LogP contribution in [0.15, 0.2) is 0 Å². The van der Waals surface area contributed by atoms with Crippen LogP contribution >= 0.6 is 0 Å². The Bertz CT molecular complexity index is 176. The minimum absolute atomic E-state index is 0.662. The van der Waals surface area contributed by atoms with Crippen LogP contribution in [0.3, 0.4) is 0 Å². The van der Waals surface area contributed by atoms with E-state index in [2.05, 4.69) is 51.8 Å². The van der Waals surface area contributed by atoms with Gasteiger partial charge in [-0.3, -0.25) is 0 Å². The molecule has 0 rings (SSSR count). The van der Waals surface area contributed by atoms with E-state index in [9.17, 15) is 0 Å². The summed E-state index contributed by atoms with van der Waals surface area (Å²) in [6, 6.07) is 0.662. The summed E-state index contributed by atoms with van der Waals surface area (Å²) >= 11 is 0. The summed E-state index contributed by atoms with van der Waals surface area (Å²) < 4.78 is 0. The average molecular weight is 256 g/mol. The van der Waals surface area contributed by atoms with E-state index in [1.165, 1.54) is 45.4 Å². The molecule has 0 amide bonds. The molecule has 0 spiro atoms. The zero-order chi connectivity index (χ0) is 14.0. The predicted octanol–water partition coefficient (Wildman–Crippen LogP) is 3.77. The van der Waals surface area contributed by atoms with Gasteiger partial charge in [-0.25, -0.2) is 0 Å². The molecule has 0 saturated heterocycles. The first-order valence-electron chi connectivity index (χ1n) is 7.95. The zero-order valence-electron chi connectivity index (χ0n) is 13.6. The van der Waals surface area contributed by atoms with Crippen LogP contribution < -0.4 is 5.32 Å². The summed E-state index contributed by atoms with van der Waals surface area (Å²) in [6.45, 7) is 18.6. The molecule has 0 saturated carbocycles. The lowest BCUT2D eigenvalue weighted by Gasteiger charge is -2.21. The Labute approximate surface area is 116 Å². The van der Waals surface area contributed by atoms with E-state index in [-0.39, 0.29) is 0 Å². The molecule has 2 nitrogen and oxygen atoms in total. The molecule has 0 aliphatic rings. The Balaban J connectivity index is 3.56. The molecule has 0 aliphatic carbocycles. The van der Waals surface area contributed by atoms with E-state index in [1.54, 1.807) is 0 Å². The van der Waals surface area contributed by atoms with Gasteiger partial charge < -0.3 is 10.2 Å². The first kappa shape index (κ1) is 17.9. The van der Waals surface area contributed by atoms with Gasteiger partial charge in [0, 0.05) is 6.04 Å². The van der Waals surface area contributed by atoms with Crippen molar-refractivity contribution in [2.75, 3.05) is 26.2 Å². The van der Waals surface area contributed by atoms with Gasteiger partial charge in [0.1, 0.15) is 0 Å². The van der Waals surface area contributed by atoms with Crippen molar-refractivity contribution in [2.45, 2.75) is 66.8 Å². The molecule has 0 aromatic heterocycles. The van der Waals surface area contributed by atoms with E-state index >= 15 is 0 Å². The highest BCUT2D eigenvalue weighted by molar-refractivity contribution is 4.66. The highest BCUT2D eigenvalue weighted by Gasteiger charge is 2.08. The smallest absolute Gasteiger partial charge is 0.00393 e. The van der Waals surface area contributed by atoms with Crippen LogP contribution in [-0.4, -0.2) is 37.1 Å². The number of hydrogen-bond donors (Lipinski definition) is 1. The monoisotopic (exact) mass is 256 g/mol. The van der Waals surface area contributed by atoms with Gasteiger partial charge in [0.05, 0.1) is 0 Å². The molecule has 0 aromatic rings. The molecular weight excluding hydrogens is 220 g/mol. The molecule has 2 unspecified atom stereocenters. The highest BCUT2D eigenvalue weighted by atomic mass is 15.1. The van der Waals surface area contributed by atoms with Crippen LogP contribution in [-0.2, 0) is 0 Å². The van der Waals surface area contributed by atoms with Crippen molar-refractivity contribution in [3.05, 3.63) is 0 Å². The van der Waals surface area contributed by atoms with Crippen LogP contribution in [0.25, 0.3) is 0 Å². The number of nitrogens with one attached hydrogen (secondary N) is 1. The Hall–Kier alpha value is -0.0800. The minimum Gasteiger partial charge on any atom is -0.314 e. The van der Waals surface area contributed by atoms with Crippen LogP contribution in [0.5, 0.6) is 0 Å². The first-order chi connectivity index (χ1) is 8.49. The van der Waals surface area contributed by atoms with Gasteiger partial charge in [0.2, 0.25) is 0 Å². The van der Waals surface area contributed by atoms with Crippen molar-refractivity contribution >= 4 is 0 Å². The molecule has 18 heavy (non-hydrogen) atoms. The largest absolute Gasteiger partial charge is 0.314 e. The van der Waals surface area contributed by atoms with E-state index in [4.69, 9.17) is 0 Å². The van der Waals surface area contributed by atoms with Gasteiger partial charge in [0.15, 0.2) is 0 Å². The molecule has 0 radical (unpaired) electrons. The molecule has 0 aromatic carbocycles. The topological polar surface area (TPSA) is 15.3 Å². The molecule has 0 bridgehead atoms. The SMILES string of the molecule is CCN(CC)CCCC(C)NCC(C)CC(C)C. The molecular formula is C16H36N2. The van der Waals surface area contributed by atoms with Crippen molar-refractivity contribution in [3.8, 4) is 0 Å². The molecule has 1 N–H and O–H groups in total. The molecule has 2 atom stereocenters. The van der Waals surface area contributed by atoms with Crippen molar-refractivity contribution < 1.29 is 0 Å². The van der Waals surface area contributed by atoms with Crippen LogP contribution in [0.4, 0.5) is 0 Å². The standard InChI is InChI=1S/C16H36N2/c1-7-18(8-2)11-9-10-16(6)17-13-15(5)12-14(3)4/h14-17H,7-13H2,1-6H3. The van der Waals surface area contributed by atoms with Crippen LogP contribution in [0.1, 0.15) is 60.8 Å². The lowest BCUT2D eigenvalue weighted by molar-refractivity contribution is 0.288. The summed E-state index contributed by atoms with van der Waals surface area (Å²) in [5.74, 6) is 1.62. The quantitative estimate of drug-likeness (QED) is 0.605. The molecule has 110 valence electrons. The molecule has 2 heteroatoms. The third-order valence-corrected chi connectivity index (χ3v) is 3.69. The third-order valence-electron chi connectivity index (χ3n) is 3.69. The van der Waals surface area contributed by atoms with Gasteiger partial charge in [-0.2, -0.15) is 0 Å². The summed E-state index contributed by atoms with van der Waals surface area (Å²) in [5.41, 5.74) is 0. The fraction of sp³-hybridized carbons (Fsp3) is 1.00. The normalized spacial score (nSPS) is 15.3. The molecule has 0 fully saturated rings. The average Bonchev–Trinajstić information content (AvgIpc) is 2.31. The summed E-state index contributed by atoms with van der Waals surface area (Å²) in [7, 11) is 0. The van der Waals surface area contributed by atoms with E-state index in [0.29, 0.717) is 6.04 Å². The summed E-state index contributed by atoms with van der Waals surface area (Å²) in [5, 5.41) is 3.68. The second-order valence-corrected chi connectivity index (χ2v) is 6.21. The highest BCUT2D eigenvalue weighted by Crippen LogP contribution is 2.10. The van der Waals surface area contributed by atoms with Gasteiger partial charge >= 0.3 is 0 Å². The van der Waals surface area contributed by atoms with Crippen molar-refractivity contribution in [3.63, 3.8) is 0 Å². The first-order valence-corrected chi connectivity index (χ1v) is 7.95. The van der Waals surface area contributed by atoms with Crippen LogP contribution in [0, 0.1) is 11.8 Å². The lowest BCUT2D eigenvalue weighted by Crippen LogP contribution is -2.32. The molecule has 0 heterocycles. The second kappa shape index (κ2) is 10.8. The summed E-state index contributed by atoms with van der Waals surface area (Å²) in [6.07, 6.45) is 3.94. The zero-order valence-corrected chi connectivity index (χ0v) is 13.6. The van der Waals surface area contributed by atoms with E-state index in [1.807, 2.05) is 0 Å². The Morgan fingerprint density at radius 3 is 2.11 bits per heavy atom. The Morgan fingerprint density at radius 2 is 1.61 bits per heavy atom. The number of nitrogens with zero attached hydrogens (tertiary/aromatic N) is 1. The van der Waals surface area contributed by atoms with Crippen molar-refractivity contribution in [2.24, 2.45) is 11.8 Å². The lowest BCUT2D eigenvalue weighted by atomic mass is 9.98. The van der Waals surface area contributed by atoms with Crippen LogP contribution in [0.2, 0.25) is 0 Å². The number of hydrogen-bond acceptors (Lipinski definition) is 2. The van der Waals surface area contributed by atoms with E-state index < -0.39 is 0 Å². The molecule has 0 aliphatic heterocycles. The Kier molecular flexibility index (Phi) is 10.8. The summed E-state index contributed by atoms with van der Waals surface area (Å²) in [4.78, 5) is 2.51.